The molecule has 4 heteroatoms. The molecule has 1 heterocycles. The number of nitrogens with two attached hydrogens (primary N) is 1. The summed E-state index contributed by atoms with van der Waals surface area (Å²) in [6.07, 6.45) is 3.79. The number of ether oxygens (including phenoxy) is 1. The van der Waals surface area contributed by atoms with Crippen molar-refractivity contribution < 1.29 is 9.53 Å². The van der Waals surface area contributed by atoms with E-state index in [0.29, 0.717) is 6.61 Å². The van der Waals surface area contributed by atoms with Crippen LogP contribution in [0.5, 0.6) is 0 Å². The topological polar surface area (TPSA) is 52.3 Å². The second kappa shape index (κ2) is 5.46. The van der Waals surface area contributed by atoms with E-state index in [0.717, 1.165) is 30.6 Å². The molecule has 1 fully saturated rings. The molecule has 1 aromatic heterocycles. The maximum atomic E-state index is 11.8. The molecular formula is C12H17NO2S. The van der Waals surface area contributed by atoms with Gasteiger partial charge in [-0.3, -0.25) is 4.79 Å². The Kier molecular flexibility index (Phi) is 3.96. The average Bonchev–Trinajstić information content (AvgIpc) is 2.78. The van der Waals surface area contributed by atoms with Crippen LogP contribution in [-0.2, 0) is 16.1 Å². The highest BCUT2D eigenvalue weighted by Crippen LogP contribution is 2.24. The Morgan fingerprint density at radius 3 is 3.12 bits per heavy atom. The van der Waals surface area contributed by atoms with Crippen LogP contribution in [0.4, 0.5) is 0 Å². The van der Waals surface area contributed by atoms with Gasteiger partial charge in [-0.1, -0.05) is 12.5 Å². The summed E-state index contributed by atoms with van der Waals surface area (Å²) in [5, 5.41) is 1.99. The molecule has 2 atom stereocenters. The maximum Gasteiger partial charge on any atom is 0.309 e. The second-order valence-electron chi connectivity index (χ2n) is 4.31. The Labute approximate surface area is 99.6 Å². The van der Waals surface area contributed by atoms with Crippen LogP contribution in [-0.4, -0.2) is 12.0 Å². The van der Waals surface area contributed by atoms with Crippen LogP contribution in [0.3, 0.4) is 0 Å². The van der Waals surface area contributed by atoms with Crippen LogP contribution in [0.1, 0.15) is 30.6 Å². The zero-order valence-corrected chi connectivity index (χ0v) is 10.0. The maximum absolute atomic E-state index is 11.8. The molecule has 0 saturated heterocycles. The standard InChI is InChI=1S/C12H17NO2S/c13-10-4-1-3-9(7-10)12(14)15-8-11-5-2-6-16-11/h2,5-6,9-10H,1,3-4,7-8,13H2. The van der Waals surface area contributed by atoms with Crippen molar-refractivity contribution in [3.8, 4) is 0 Å². The molecule has 1 aliphatic carbocycles. The van der Waals surface area contributed by atoms with Crippen molar-refractivity contribution in [2.75, 3.05) is 0 Å². The molecule has 0 amide bonds. The molecule has 0 aromatic carbocycles. The van der Waals surface area contributed by atoms with Crippen molar-refractivity contribution in [1.82, 2.24) is 0 Å². The first kappa shape index (κ1) is 11.6. The summed E-state index contributed by atoms with van der Waals surface area (Å²) < 4.78 is 5.29. The molecule has 1 aromatic rings. The van der Waals surface area contributed by atoms with E-state index in [9.17, 15) is 4.79 Å². The van der Waals surface area contributed by atoms with Crippen LogP contribution in [0, 0.1) is 5.92 Å². The molecule has 3 nitrogen and oxygen atoms in total. The van der Waals surface area contributed by atoms with Gasteiger partial charge in [0.1, 0.15) is 6.61 Å². The number of thiophene rings is 1. The summed E-state index contributed by atoms with van der Waals surface area (Å²) in [6.45, 7) is 0.405. The van der Waals surface area contributed by atoms with Crippen molar-refractivity contribution in [2.45, 2.75) is 38.3 Å². The summed E-state index contributed by atoms with van der Waals surface area (Å²) in [7, 11) is 0. The highest BCUT2D eigenvalue weighted by atomic mass is 32.1. The van der Waals surface area contributed by atoms with Crippen molar-refractivity contribution in [3.63, 3.8) is 0 Å². The molecular weight excluding hydrogens is 222 g/mol. The molecule has 0 spiro atoms. The second-order valence-corrected chi connectivity index (χ2v) is 5.34. The molecule has 2 N–H and O–H groups in total. The first-order valence-electron chi connectivity index (χ1n) is 5.70. The fraction of sp³-hybridized carbons (Fsp3) is 0.583. The van der Waals surface area contributed by atoms with E-state index in [4.69, 9.17) is 10.5 Å². The first-order chi connectivity index (χ1) is 7.75. The minimum absolute atomic E-state index is 0.0173. The molecule has 2 rings (SSSR count). The van der Waals surface area contributed by atoms with E-state index in [2.05, 4.69) is 0 Å². The molecule has 2 unspecified atom stereocenters. The fourth-order valence-corrected chi connectivity index (χ4v) is 2.71. The van der Waals surface area contributed by atoms with Crippen LogP contribution in [0.25, 0.3) is 0 Å². The van der Waals surface area contributed by atoms with Gasteiger partial charge in [0.2, 0.25) is 0 Å². The zero-order valence-electron chi connectivity index (χ0n) is 9.22. The predicted molar refractivity (Wildman–Crippen MR) is 64.0 cm³/mol. The third kappa shape index (κ3) is 3.06. The van der Waals surface area contributed by atoms with E-state index in [1.54, 1.807) is 11.3 Å². The lowest BCUT2D eigenvalue weighted by atomic mass is 9.86. The molecule has 1 saturated carbocycles. The van der Waals surface area contributed by atoms with Gasteiger partial charge in [-0.2, -0.15) is 0 Å². The molecule has 1 aliphatic rings. The first-order valence-corrected chi connectivity index (χ1v) is 6.58. The van der Waals surface area contributed by atoms with Crippen LogP contribution < -0.4 is 5.73 Å². The average molecular weight is 239 g/mol. The Morgan fingerprint density at radius 2 is 2.44 bits per heavy atom. The fourth-order valence-electron chi connectivity index (χ4n) is 2.10. The third-order valence-electron chi connectivity index (χ3n) is 2.98. The lowest BCUT2D eigenvalue weighted by Gasteiger charge is -2.24. The van der Waals surface area contributed by atoms with Gasteiger partial charge < -0.3 is 10.5 Å². The molecule has 16 heavy (non-hydrogen) atoms. The smallest absolute Gasteiger partial charge is 0.309 e. The highest BCUT2D eigenvalue weighted by Gasteiger charge is 2.26. The van der Waals surface area contributed by atoms with E-state index in [-0.39, 0.29) is 17.9 Å². The number of esters is 1. The van der Waals surface area contributed by atoms with Crippen LogP contribution in [0.15, 0.2) is 17.5 Å². The summed E-state index contributed by atoms with van der Waals surface area (Å²) in [6, 6.07) is 4.11. The summed E-state index contributed by atoms with van der Waals surface area (Å²) in [4.78, 5) is 12.9. The van der Waals surface area contributed by atoms with Gasteiger partial charge in [-0.05, 0) is 30.7 Å². The quantitative estimate of drug-likeness (QED) is 0.823. The largest absolute Gasteiger partial charge is 0.460 e. The van der Waals surface area contributed by atoms with Gasteiger partial charge in [-0.25, -0.2) is 0 Å². The highest BCUT2D eigenvalue weighted by molar-refractivity contribution is 7.09. The van der Waals surface area contributed by atoms with Gasteiger partial charge in [-0.15, -0.1) is 11.3 Å². The third-order valence-corrected chi connectivity index (χ3v) is 3.83. The number of carbonyl (C=O) groups is 1. The Morgan fingerprint density at radius 1 is 1.56 bits per heavy atom. The lowest BCUT2D eigenvalue weighted by molar-refractivity contribution is -0.151. The van der Waals surface area contributed by atoms with Gasteiger partial charge in [0.25, 0.3) is 0 Å². The van der Waals surface area contributed by atoms with E-state index in [1.807, 2.05) is 17.5 Å². The van der Waals surface area contributed by atoms with Crippen molar-refractivity contribution >= 4 is 17.3 Å². The zero-order chi connectivity index (χ0) is 11.4. The van der Waals surface area contributed by atoms with Crippen molar-refractivity contribution in [3.05, 3.63) is 22.4 Å². The number of rotatable bonds is 3. The van der Waals surface area contributed by atoms with Crippen molar-refractivity contribution in [2.24, 2.45) is 11.7 Å². The van der Waals surface area contributed by atoms with E-state index >= 15 is 0 Å². The molecule has 0 radical (unpaired) electrons. The van der Waals surface area contributed by atoms with Crippen LogP contribution in [0.2, 0.25) is 0 Å². The minimum atomic E-state index is -0.0800. The molecule has 0 bridgehead atoms. The number of hydrogen-bond donors (Lipinski definition) is 1. The SMILES string of the molecule is NC1CCCC(C(=O)OCc2cccs2)C1. The van der Waals surface area contributed by atoms with Gasteiger partial charge >= 0.3 is 5.97 Å². The minimum Gasteiger partial charge on any atom is -0.460 e. The monoisotopic (exact) mass is 239 g/mol. The van der Waals surface area contributed by atoms with Gasteiger partial charge in [0.15, 0.2) is 0 Å². The molecule has 88 valence electrons. The number of hydrogen-bond acceptors (Lipinski definition) is 4. The Balaban J connectivity index is 1.79. The lowest BCUT2D eigenvalue weighted by Crippen LogP contribution is -2.32. The summed E-state index contributed by atoms with van der Waals surface area (Å²) >= 11 is 1.61. The summed E-state index contributed by atoms with van der Waals surface area (Å²) in [5.74, 6) is -0.0627. The molecule has 0 aliphatic heterocycles. The van der Waals surface area contributed by atoms with Gasteiger partial charge in [0.05, 0.1) is 5.92 Å². The Hall–Kier alpha value is -0.870. The number of carbonyl (C=O) groups excluding carboxylic acids is 1. The van der Waals surface area contributed by atoms with Crippen molar-refractivity contribution in [1.29, 1.82) is 0 Å². The van der Waals surface area contributed by atoms with Gasteiger partial charge in [0, 0.05) is 10.9 Å². The van der Waals surface area contributed by atoms with E-state index < -0.39 is 0 Å². The normalized spacial score (nSPS) is 25.3. The summed E-state index contributed by atoms with van der Waals surface area (Å²) in [5.41, 5.74) is 5.85. The predicted octanol–water partition coefficient (Wildman–Crippen LogP) is 2.31. The van der Waals surface area contributed by atoms with E-state index in [1.165, 1.54) is 0 Å². The van der Waals surface area contributed by atoms with Crippen LogP contribution >= 0.6 is 11.3 Å². The Bertz CT molecular complexity index is 337.